The Kier molecular flexibility index (Phi) is 8.13. The fourth-order valence-corrected chi connectivity index (χ4v) is 8.47. The van der Waals surface area contributed by atoms with Crippen LogP contribution in [0, 0.1) is 39.9 Å². The number of allylic oxidation sites excluding steroid dienone is 5. The van der Waals surface area contributed by atoms with Gasteiger partial charge in [0.15, 0.2) is 0 Å². The van der Waals surface area contributed by atoms with Crippen LogP contribution < -0.4 is 0 Å². The summed E-state index contributed by atoms with van der Waals surface area (Å²) in [5.74, 6) is -0.135. The summed E-state index contributed by atoms with van der Waals surface area (Å²) in [6.07, 6.45) is 12.5. The van der Waals surface area contributed by atoms with Crippen molar-refractivity contribution in [1.82, 2.24) is 0 Å². The molecule has 0 heterocycles. The van der Waals surface area contributed by atoms with Crippen molar-refractivity contribution in [2.75, 3.05) is 7.11 Å². The minimum atomic E-state index is -0.632. The Morgan fingerprint density at radius 1 is 1.20 bits per heavy atom. The SMILES string of the molecule is C=C(C)C1CC=C2C(CCC3(C)C(C(CCC=C(C)C)C(=O)O)CCC23C)C1(C)CCC(=O)OC. The fourth-order valence-electron chi connectivity index (χ4n) is 8.47. The highest BCUT2D eigenvalue weighted by Gasteiger charge is 2.64. The summed E-state index contributed by atoms with van der Waals surface area (Å²) in [5, 5.41) is 10.3. The zero-order valence-corrected chi connectivity index (χ0v) is 23.2. The third kappa shape index (κ3) is 4.79. The second-order valence-electron chi connectivity index (χ2n) is 12.7. The van der Waals surface area contributed by atoms with E-state index in [1.165, 1.54) is 23.8 Å². The first-order valence-electron chi connectivity index (χ1n) is 13.6. The second-order valence-corrected chi connectivity index (χ2v) is 12.7. The number of carbonyl (C=O) groups is 2. The van der Waals surface area contributed by atoms with Crippen molar-refractivity contribution in [3.8, 4) is 0 Å². The molecular formula is C31H48O4. The topological polar surface area (TPSA) is 63.6 Å². The van der Waals surface area contributed by atoms with Gasteiger partial charge in [0.1, 0.15) is 0 Å². The molecule has 35 heavy (non-hydrogen) atoms. The van der Waals surface area contributed by atoms with Crippen LogP contribution in [-0.4, -0.2) is 24.2 Å². The zero-order chi connectivity index (χ0) is 26.2. The molecule has 0 aromatic rings. The summed E-state index contributed by atoms with van der Waals surface area (Å²) in [6.45, 7) is 17.8. The van der Waals surface area contributed by atoms with Gasteiger partial charge in [0.2, 0.25) is 0 Å². The largest absolute Gasteiger partial charge is 0.481 e. The van der Waals surface area contributed by atoms with E-state index in [1.807, 2.05) is 0 Å². The van der Waals surface area contributed by atoms with Crippen LogP contribution in [-0.2, 0) is 14.3 Å². The molecule has 4 heteroatoms. The molecule has 0 spiro atoms. The number of esters is 1. The number of methoxy groups -OCH3 is 1. The lowest BCUT2D eigenvalue weighted by Crippen LogP contribution is -2.52. The van der Waals surface area contributed by atoms with Gasteiger partial charge < -0.3 is 9.84 Å². The highest BCUT2D eigenvalue weighted by molar-refractivity contribution is 5.71. The Bertz CT molecular complexity index is 909. The van der Waals surface area contributed by atoms with Gasteiger partial charge in [-0.1, -0.05) is 56.2 Å². The molecule has 0 saturated heterocycles. The number of fused-ring (bicyclic) bond motifs is 3. The van der Waals surface area contributed by atoms with E-state index < -0.39 is 5.97 Å². The van der Waals surface area contributed by atoms with Crippen molar-refractivity contribution in [3.63, 3.8) is 0 Å². The number of carboxylic acids is 1. The van der Waals surface area contributed by atoms with Crippen molar-refractivity contribution in [1.29, 1.82) is 0 Å². The van der Waals surface area contributed by atoms with Crippen LogP contribution in [0.15, 0.2) is 35.5 Å². The Morgan fingerprint density at radius 3 is 2.46 bits per heavy atom. The van der Waals surface area contributed by atoms with Crippen LogP contribution in [0.25, 0.3) is 0 Å². The van der Waals surface area contributed by atoms with Crippen molar-refractivity contribution in [2.24, 2.45) is 39.9 Å². The summed E-state index contributed by atoms with van der Waals surface area (Å²) >= 11 is 0. The van der Waals surface area contributed by atoms with E-state index in [0.717, 1.165) is 44.9 Å². The number of hydrogen-bond acceptors (Lipinski definition) is 3. The number of carboxylic acid groups (broad SMARTS) is 1. The van der Waals surface area contributed by atoms with Crippen molar-refractivity contribution >= 4 is 11.9 Å². The van der Waals surface area contributed by atoms with Crippen LogP contribution in [0.3, 0.4) is 0 Å². The van der Waals surface area contributed by atoms with Crippen molar-refractivity contribution < 1.29 is 19.4 Å². The van der Waals surface area contributed by atoms with Gasteiger partial charge in [-0.3, -0.25) is 9.59 Å². The molecule has 7 atom stereocenters. The second kappa shape index (κ2) is 10.3. The summed E-state index contributed by atoms with van der Waals surface area (Å²) in [4.78, 5) is 24.6. The van der Waals surface area contributed by atoms with Crippen LogP contribution in [0.5, 0.6) is 0 Å². The van der Waals surface area contributed by atoms with Gasteiger partial charge in [-0.15, -0.1) is 0 Å². The number of carbonyl (C=O) groups excluding carboxylic acids is 1. The van der Waals surface area contributed by atoms with Gasteiger partial charge in [-0.25, -0.2) is 0 Å². The molecule has 0 amide bonds. The predicted octanol–water partition coefficient (Wildman–Crippen LogP) is 7.75. The van der Waals surface area contributed by atoms with E-state index in [9.17, 15) is 14.7 Å². The molecule has 3 aliphatic carbocycles. The van der Waals surface area contributed by atoms with Gasteiger partial charge >= 0.3 is 11.9 Å². The smallest absolute Gasteiger partial charge is 0.306 e. The molecule has 7 unspecified atom stereocenters. The molecule has 0 aromatic heterocycles. The molecule has 4 nitrogen and oxygen atoms in total. The molecule has 196 valence electrons. The third-order valence-corrected chi connectivity index (χ3v) is 10.7. The van der Waals surface area contributed by atoms with Gasteiger partial charge in [0.05, 0.1) is 13.0 Å². The molecule has 0 aliphatic heterocycles. The lowest BCUT2D eigenvalue weighted by atomic mass is 9.44. The first-order valence-corrected chi connectivity index (χ1v) is 13.6. The zero-order valence-electron chi connectivity index (χ0n) is 23.2. The minimum Gasteiger partial charge on any atom is -0.481 e. The van der Waals surface area contributed by atoms with Gasteiger partial charge in [-0.2, -0.15) is 0 Å². The normalized spacial score (nSPS) is 36.9. The highest BCUT2D eigenvalue weighted by atomic mass is 16.5. The average Bonchev–Trinajstić information content (AvgIpc) is 3.06. The summed E-state index contributed by atoms with van der Waals surface area (Å²) in [6, 6.07) is 0. The maximum atomic E-state index is 12.5. The van der Waals surface area contributed by atoms with E-state index in [0.29, 0.717) is 24.7 Å². The lowest BCUT2D eigenvalue weighted by Gasteiger charge is -2.60. The van der Waals surface area contributed by atoms with E-state index in [2.05, 4.69) is 60.3 Å². The van der Waals surface area contributed by atoms with E-state index in [-0.39, 0.29) is 34.1 Å². The first-order chi connectivity index (χ1) is 16.3. The standard InChI is InChI=1S/C31H48O4/c1-20(2)10-9-11-22(28(33)34)24-14-18-31(7)26-13-12-23(21(3)4)29(5,17-16-27(32)35-8)25(26)15-19-30(24,31)6/h10,13,22-25H,3,9,11-12,14-19H2,1-2,4-8H3,(H,33,34). The maximum absolute atomic E-state index is 12.5. The van der Waals surface area contributed by atoms with Gasteiger partial charge in [-0.05, 0) is 106 Å². The summed E-state index contributed by atoms with van der Waals surface area (Å²) in [7, 11) is 1.47. The Labute approximate surface area is 213 Å². The quantitative estimate of drug-likeness (QED) is 0.268. The van der Waals surface area contributed by atoms with E-state index in [4.69, 9.17) is 4.74 Å². The number of hydrogen-bond donors (Lipinski definition) is 1. The molecular weight excluding hydrogens is 436 g/mol. The molecule has 1 N–H and O–H groups in total. The Morgan fingerprint density at radius 2 is 1.89 bits per heavy atom. The highest BCUT2D eigenvalue weighted by Crippen LogP contribution is 2.72. The first kappa shape index (κ1) is 27.7. The van der Waals surface area contributed by atoms with Crippen LogP contribution >= 0.6 is 0 Å². The number of aliphatic carboxylic acids is 1. The Hall–Kier alpha value is -1.84. The van der Waals surface area contributed by atoms with Gasteiger partial charge in [0, 0.05) is 6.42 Å². The van der Waals surface area contributed by atoms with Crippen LogP contribution in [0.2, 0.25) is 0 Å². The number of rotatable bonds is 9. The monoisotopic (exact) mass is 484 g/mol. The summed E-state index contributed by atoms with van der Waals surface area (Å²) in [5.41, 5.74) is 3.91. The molecule has 0 aromatic carbocycles. The fraction of sp³-hybridized carbons (Fsp3) is 0.742. The van der Waals surface area contributed by atoms with E-state index >= 15 is 0 Å². The Balaban J connectivity index is 1.96. The number of ether oxygens (including phenoxy) is 1. The summed E-state index contributed by atoms with van der Waals surface area (Å²) < 4.78 is 5.00. The van der Waals surface area contributed by atoms with Crippen molar-refractivity contribution in [2.45, 2.75) is 99.3 Å². The van der Waals surface area contributed by atoms with E-state index in [1.54, 1.807) is 0 Å². The minimum absolute atomic E-state index is 0.00261. The van der Waals surface area contributed by atoms with Crippen molar-refractivity contribution in [3.05, 3.63) is 35.5 Å². The molecule has 3 rings (SSSR count). The van der Waals surface area contributed by atoms with Crippen LogP contribution in [0.1, 0.15) is 99.3 Å². The molecule has 3 aliphatic rings. The average molecular weight is 485 g/mol. The van der Waals surface area contributed by atoms with Gasteiger partial charge in [0.25, 0.3) is 0 Å². The molecule has 2 saturated carbocycles. The lowest BCUT2D eigenvalue weighted by molar-refractivity contribution is -0.147. The predicted molar refractivity (Wildman–Crippen MR) is 142 cm³/mol. The molecule has 0 bridgehead atoms. The maximum Gasteiger partial charge on any atom is 0.306 e. The van der Waals surface area contributed by atoms with Crippen LogP contribution in [0.4, 0.5) is 0 Å². The third-order valence-electron chi connectivity index (χ3n) is 10.7. The molecule has 0 radical (unpaired) electrons. The molecule has 2 fully saturated rings.